The van der Waals surface area contributed by atoms with Crippen LogP contribution in [0, 0.1) is 29.6 Å². The summed E-state index contributed by atoms with van der Waals surface area (Å²) < 4.78 is 35.9. The van der Waals surface area contributed by atoms with Crippen molar-refractivity contribution in [1.82, 2.24) is 9.71 Å². The molecule has 0 unspecified atom stereocenters. The van der Waals surface area contributed by atoms with E-state index in [0.29, 0.717) is 49.7 Å². The van der Waals surface area contributed by atoms with Crippen LogP contribution in [0.2, 0.25) is 5.02 Å². The number of nitrogens with one attached hydrogen (secondary N) is 1. The number of rotatable bonds is 2. The van der Waals surface area contributed by atoms with Gasteiger partial charge in [-0.15, -0.1) is 0 Å². The summed E-state index contributed by atoms with van der Waals surface area (Å²) in [6.07, 6.45) is 11.7. The number of carbonyl (C=O) groups excluding carboxylic acids is 1. The Morgan fingerprint density at radius 1 is 1.14 bits per heavy atom. The molecule has 1 fully saturated rings. The molecule has 0 radical (unpaired) electrons. The molecule has 2 aromatic carbocycles. The summed E-state index contributed by atoms with van der Waals surface area (Å²) in [5, 5.41) is 12.2. The summed E-state index contributed by atoms with van der Waals surface area (Å²) in [4.78, 5) is 20.3. The lowest BCUT2D eigenvalue weighted by Gasteiger charge is -2.47. The zero-order chi connectivity index (χ0) is 35.8. The maximum absolute atomic E-state index is 13.5. The Hall–Kier alpha value is -3.84. The Morgan fingerprint density at radius 3 is 2.78 bits per heavy atom. The number of amides is 1. The number of pyridine rings is 1. The van der Waals surface area contributed by atoms with E-state index in [2.05, 4.69) is 38.6 Å². The fourth-order valence-electron chi connectivity index (χ4n) is 8.34. The molecule has 4 aliphatic rings. The highest BCUT2D eigenvalue weighted by Crippen LogP contribution is 2.48. The topological polar surface area (TPSA) is 109 Å². The van der Waals surface area contributed by atoms with Gasteiger partial charge < -0.3 is 14.7 Å². The smallest absolute Gasteiger partial charge is 0.264 e. The molecule has 1 spiro atoms. The number of ether oxygens (including phenoxy) is 1. The molecule has 51 heavy (non-hydrogen) atoms. The monoisotopic (exact) mass is 727 g/mol. The third kappa shape index (κ3) is 7.28. The van der Waals surface area contributed by atoms with Crippen molar-refractivity contribution < 1.29 is 23.1 Å². The second-order valence-electron chi connectivity index (χ2n) is 15.0. The number of aryl methyl sites for hydroxylation is 2. The second kappa shape index (κ2) is 14.3. The Bertz CT molecular complexity index is 1990. The average Bonchev–Trinajstić information content (AvgIpc) is 3.24. The number of hydrogen-bond acceptors (Lipinski definition) is 7. The lowest BCUT2D eigenvalue weighted by Crippen LogP contribution is -2.52. The third-order valence-corrected chi connectivity index (χ3v) is 13.8. The van der Waals surface area contributed by atoms with Gasteiger partial charge in [-0.25, -0.2) is 13.1 Å². The maximum Gasteiger partial charge on any atom is 0.264 e. The summed E-state index contributed by atoms with van der Waals surface area (Å²) in [5.74, 6) is 6.18. The van der Waals surface area contributed by atoms with Crippen molar-refractivity contribution in [2.75, 3.05) is 24.6 Å². The third-order valence-electron chi connectivity index (χ3n) is 11.7. The van der Waals surface area contributed by atoms with E-state index in [1.807, 2.05) is 37.3 Å². The summed E-state index contributed by atoms with van der Waals surface area (Å²) in [7, 11) is -4.00. The minimum Gasteiger partial charge on any atom is -0.490 e. The summed E-state index contributed by atoms with van der Waals surface area (Å²) >= 11 is 6.45. The average molecular weight is 728 g/mol. The lowest BCUT2D eigenvalue weighted by molar-refractivity contribution is -0.00325. The molecule has 10 heteroatoms. The van der Waals surface area contributed by atoms with E-state index in [9.17, 15) is 18.3 Å². The lowest BCUT2D eigenvalue weighted by atomic mass is 9.64. The largest absolute Gasteiger partial charge is 0.490 e. The molecule has 0 saturated heterocycles. The molecule has 268 valence electrons. The van der Waals surface area contributed by atoms with Crippen LogP contribution < -0.4 is 14.4 Å². The Morgan fingerprint density at radius 2 is 2.00 bits per heavy atom. The van der Waals surface area contributed by atoms with Gasteiger partial charge in [0.25, 0.3) is 5.91 Å². The number of carbonyl (C=O) groups is 1. The molecule has 1 amide bonds. The molecule has 3 heterocycles. The van der Waals surface area contributed by atoms with E-state index in [4.69, 9.17) is 16.3 Å². The predicted octanol–water partition coefficient (Wildman–Crippen LogP) is 6.65. The highest BCUT2D eigenvalue weighted by atomic mass is 35.5. The van der Waals surface area contributed by atoms with Gasteiger partial charge in [0.05, 0.1) is 17.5 Å². The van der Waals surface area contributed by atoms with Crippen LogP contribution in [-0.2, 0) is 28.3 Å². The molecule has 7 rings (SSSR count). The van der Waals surface area contributed by atoms with E-state index in [1.165, 1.54) is 11.1 Å². The fourth-order valence-corrected chi connectivity index (χ4v) is 9.82. The summed E-state index contributed by atoms with van der Waals surface area (Å²) in [6, 6.07) is 17.2. The van der Waals surface area contributed by atoms with Crippen LogP contribution in [-0.4, -0.2) is 55.0 Å². The van der Waals surface area contributed by atoms with Crippen LogP contribution in [0.3, 0.4) is 0 Å². The van der Waals surface area contributed by atoms with E-state index in [0.717, 1.165) is 43.5 Å². The van der Waals surface area contributed by atoms with Crippen molar-refractivity contribution in [1.29, 1.82) is 0 Å². The number of hydrogen-bond donors (Lipinski definition) is 2. The van der Waals surface area contributed by atoms with Crippen LogP contribution in [0.25, 0.3) is 0 Å². The number of aromatic nitrogens is 1. The molecule has 8 nitrogen and oxygen atoms in total. The zero-order valence-corrected chi connectivity index (χ0v) is 30.8. The van der Waals surface area contributed by atoms with Gasteiger partial charge >= 0.3 is 0 Å². The quantitative estimate of drug-likeness (QED) is 0.225. The van der Waals surface area contributed by atoms with Crippen LogP contribution in [0.4, 0.5) is 5.69 Å². The molecule has 2 aliphatic carbocycles. The van der Waals surface area contributed by atoms with Gasteiger partial charge in [-0.3, -0.25) is 9.78 Å². The minimum atomic E-state index is -4.00. The van der Waals surface area contributed by atoms with Gasteiger partial charge in [-0.1, -0.05) is 48.6 Å². The second-order valence-corrected chi connectivity index (χ2v) is 17.4. The normalized spacial score (nSPS) is 30.6. The molecule has 1 saturated carbocycles. The number of fused-ring (bicyclic) bond motifs is 4. The number of halogens is 1. The van der Waals surface area contributed by atoms with Crippen LogP contribution >= 0.6 is 11.6 Å². The molecule has 2 aliphatic heterocycles. The molecule has 6 atom stereocenters. The summed E-state index contributed by atoms with van der Waals surface area (Å²) in [5.41, 5.74) is 2.70. The van der Waals surface area contributed by atoms with E-state index in [1.54, 1.807) is 37.4 Å². The van der Waals surface area contributed by atoms with Gasteiger partial charge in [0.2, 0.25) is 10.0 Å². The van der Waals surface area contributed by atoms with E-state index >= 15 is 0 Å². The van der Waals surface area contributed by atoms with Crippen molar-refractivity contribution in [3.63, 3.8) is 0 Å². The zero-order valence-electron chi connectivity index (χ0n) is 29.3. The van der Waals surface area contributed by atoms with Crippen LogP contribution in [0.15, 0.2) is 72.9 Å². The Labute approximate surface area is 306 Å². The number of sulfonamides is 1. The number of anilines is 1. The minimum absolute atomic E-state index is 0.114. The van der Waals surface area contributed by atoms with Crippen molar-refractivity contribution >= 4 is 33.2 Å². The van der Waals surface area contributed by atoms with Crippen molar-refractivity contribution in [2.24, 2.45) is 17.8 Å². The number of nitrogens with zero attached hydrogens (tertiary/aromatic N) is 2. The molecule has 2 N–H and O–H groups in total. The van der Waals surface area contributed by atoms with E-state index in [-0.39, 0.29) is 28.7 Å². The van der Waals surface area contributed by atoms with Gasteiger partial charge in [0, 0.05) is 59.7 Å². The first-order valence-electron chi connectivity index (χ1n) is 18.1. The summed E-state index contributed by atoms with van der Waals surface area (Å²) in [6.45, 7) is 5.18. The Kier molecular flexibility index (Phi) is 9.96. The molecule has 2 bridgehead atoms. The van der Waals surface area contributed by atoms with Crippen molar-refractivity contribution in [2.45, 2.75) is 81.5 Å². The maximum atomic E-state index is 13.5. The Balaban J connectivity index is 1.28. The highest BCUT2D eigenvalue weighted by Gasteiger charge is 2.47. The number of aliphatic hydroxyl groups is 1. The number of benzene rings is 2. The van der Waals surface area contributed by atoms with Crippen molar-refractivity contribution in [3.05, 3.63) is 100 Å². The first-order chi connectivity index (χ1) is 24.5. The van der Waals surface area contributed by atoms with Gasteiger partial charge in [0.15, 0.2) is 0 Å². The molecular weight excluding hydrogens is 682 g/mol. The SMILES string of the molecule is C[C@@H]1[C@@H](C)C/C=C\[C@](O)(C#CCCc2ccccn2)[C@@H]2CC[C@H]2CN2C[C@@]3(CCCc4cc(Cl)ccc43)COc3ccc(cc32)C(=O)NS1(=O)=O. The first kappa shape index (κ1) is 35.6. The van der Waals surface area contributed by atoms with E-state index < -0.39 is 26.8 Å². The van der Waals surface area contributed by atoms with Gasteiger partial charge in [0.1, 0.15) is 11.4 Å². The first-order valence-corrected chi connectivity index (χ1v) is 20.1. The highest BCUT2D eigenvalue weighted by molar-refractivity contribution is 7.90. The van der Waals surface area contributed by atoms with Crippen LogP contribution in [0.5, 0.6) is 5.75 Å². The molecule has 3 aromatic rings. The molecule has 1 aromatic heterocycles. The van der Waals surface area contributed by atoms with Crippen LogP contribution in [0.1, 0.15) is 79.6 Å². The van der Waals surface area contributed by atoms with Gasteiger partial charge in [-0.05, 0) is 117 Å². The van der Waals surface area contributed by atoms with Gasteiger partial charge in [-0.2, -0.15) is 0 Å². The predicted molar refractivity (Wildman–Crippen MR) is 200 cm³/mol. The number of allylic oxidation sites excluding steroid dienone is 1. The molecular formula is C41H46ClN3O5S. The van der Waals surface area contributed by atoms with Crippen molar-refractivity contribution in [3.8, 4) is 17.6 Å². The standard InChI is InChI=1S/C41H46ClN3O5S/c1-28-9-7-21-41(47,20-5-3-11-34-12-4-6-22-43-34)36-16-13-32(36)25-45-26-40(19-8-10-30-23-33(42)15-17-35(30)40)27-50-38-18-14-31(24-37(38)45)39(46)44-51(48,49)29(28)2/h4,6-7,12,14-15,17-18,21-24,28-29,32,36,47H,3,8-11,13,16,19,25-27H2,1-2H3,(H,44,46)/b21-7-/t28-,29+,32-,36+,40-,41+/m0/s1. The fraction of sp³-hybridized carbons (Fsp3) is 0.463.